The van der Waals surface area contributed by atoms with Gasteiger partial charge in [-0.25, -0.2) is 4.98 Å². The molecule has 1 aliphatic rings. The molecule has 15 heavy (non-hydrogen) atoms. The highest BCUT2D eigenvalue weighted by atomic mass is 79.9. The lowest BCUT2D eigenvalue weighted by atomic mass is 9.97. The highest BCUT2D eigenvalue weighted by Gasteiger charge is 2.28. The number of halogens is 1. The van der Waals surface area contributed by atoms with Crippen LogP contribution in [0, 0.1) is 5.92 Å². The van der Waals surface area contributed by atoms with Crippen molar-refractivity contribution in [3.05, 3.63) is 16.7 Å². The van der Waals surface area contributed by atoms with E-state index in [2.05, 4.69) is 32.7 Å². The third kappa shape index (κ3) is 2.09. The molecular formula is C11H15BrN2O. The van der Waals surface area contributed by atoms with Crippen molar-refractivity contribution < 1.29 is 4.74 Å². The van der Waals surface area contributed by atoms with Crippen molar-refractivity contribution in [1.82, 2.24) is 4.98 Å². The van der Waals surface area contributed by atoms with E-state index in [0.29, 0.717) is 0 Å². The van der Waals surface area contributed by atoms with Crippen LogP contribution in [0.2, 0.25) is 0 Å². The molecule has 1 aromatic heterocycles. The zero-order valence-corrected chi connectivity index (χ0v) is 10.6. The topological polar surface area (TPSA) is 25.4 Å². The number of aromatic nitrogens is 1. The number of methoxy groups -OCH3 is 1. The van der Waals surface area contributed by atoms with Crippen LogP contribution in [-0.2, 0) is 0 Å². The predicted molar refractivity (Wildman–Crippen MR) is 64.5 cm³/mol. The minimum Gasteiger partial charge on any atom is -0.493 e. The second-order valence-electron chi connectivity index (χ2n) is 3.86. The monoisotopic (exact) mass is 270 g/mol. The molecule has 0 atom stereocenters. The predicted octanol–water partition coefficient (Wildman–Crippen LogP) is 2.70. The molecule has 2 heterocycles. The quantitative estimate of drug-likeness (QED) is 0.845. The molecule has 0 aliphatic carbocycles. The van der Waals surface area contributed by atoms with Crippen LogP contribution < -0.4 is 9.64 Å². The molecule has 0 N–H and O–H groups in total. The number of anilines is 1. The van der Waals surface area contributed by atoms with E-state index in [4.69, 9.17) is 4.74 Å². The van der Waals surface area contributed by atoms with Gasteiger partial charge in [0, 0.05) is 23.8 Å². The summed E-state index contributed by atoms with van der Waals surface area (Å²) in [4.78, 5) is 6.66. The summed E-state index contributed by atoms with van der Waals surface area (Å²) in [6.45, 7) is 4.43. The first-order valence-electron chi connectivity index (χ1n) is 5.19. The Morgan fingerprint density at radius 2 is 2.33 bits per heavy atom. The summed E-state index contributed by atoms with van der Waals surface area (Å²) in [5.74, 6) is 2.63. The van der Waals surface area contributed by atoms with Crippen molar-refractivity contribution in [3.63, 3.8) is 0 Å². The highest BCUT2D eigenvalue weighted by molar-refractivity contribution is 9.10. The Morgan fingerprint density at radius 1 is 1.60 bits per heavy atom. The molecular weight excluding hydrogens is 256 g/mol. The molecule has 1 fully saturated rings. The third-order valence-corrected chi connectivity index (χ3v) is 3.29. The second kappa shape index (κ2) is 4.39. The maximum absolute atomic E-state index is 5.32. The van der Waals surface area contributed by atoms with Gasteiger partial charge in [0.15, 0.2) is 11.6 Å². The Balaban J connectivity index is 2.15. The minimum atomic E-state index is 0.820. The second-order valence-corrected chi connectivity index (χ2v) is 4.77. The summed E-state index contributed by atoms with van der Waals surface area (Å²) in [6.07, 6.45) is 3.06. The molecule has 1 saturated heterocycles. The van der Waals surface area contributed by atoms with Crippen LogP contribution in [0.3, 0.4) is 0 Å². The van der Waals surface area contributed by atoms with E-state index in [-0.39, 0.29) is 0 Å². The van der Waals surface area contributed by atoms with E-state index in [1.165, 1.54) is 6.42 Å². The van der Waals surface area contributed by atoms with Gasteiger partial charge >= 0.3 is 0 Å². The van der Waals surface area contributed by atoms with Gasteiger partial charge in [-0.1, -0.05) is 6.92 Å². The average Bonchev–Trinajstić information content (AvgIpc) is 2.18. The number of rotatable bonds is 3. The Hall–Kier alpha value is -0.770. The Morgan fingerprint density at radius 3 is 2.93 bits per heavy atom. The molecule has 0 bridgehead atoms. The van der Waals surface area contributed by atoms with Gasteiger partial charge in [0.05, 0.1) is 7.11 Å². The standard InChI is InChI=1S/C11H15BrN2O/c1-3-8-6-14(7-8)11-10(15-2)4-9(12)5-13-11/h4-5,8H,3,6-7H2,1-2H3. The fourth-order valence-corrected chi connectivity index (χ4v) is 2.11. The molecule has 0 amide bonds. The van der Waals surface area contributed by atoms with Gasteiger partial charge in [-0.15, -0.1) is 0 Å². The summed E-state index contributed by atoms with van der Waals surface area (Å²) in [5, 5.41) is 0. The lowest BCUT2D eigenvalue weighted by Gasteiger charge is -2.40. The molecule has 0 saturated carbocycles. The average molecular weight is 271 g/mol. The van der Waals surface area contributed by atoms with Crippen LogP contribution in [0.25, 0.3) is 0 Å². The fraction of sp³-hybridized carbons (Fsp3) is 0.545. The SMILES string of the molecule is CCC1CN(c2ncc(Br)cc2OC)C1. The Bertz CT molecular complexity index is 350. The number of hydrogen-bond donors (Lipinski definition) is 0. The summed E-state index contributed by atoms with van der Waals surface area (Å²) >= 11 is 3.39. The Kier molecular flexibility index (Phi) is 3.14. The lowest BCUT2D eigenvalue weighted by molar-refractivity contribution is 0.376. The van der Waals surface area contributed by atoms with Crippen molar-refractivity contribution in [2.75, 3.05) is 25.1 Å². The maximum Gasteiger partial charge on any atom is 0.171 e. The zero-order chi connectivity index (χ0) is 10.8. The van der Waals surface area contributed by atoms with E-state index < -0.39 is 0 Å². The molecule has 0 spiro atoms. The molecule has 0 unspecified atom stereocenters. The molecule has 3 nitrogen and oxygen atoms in total. The van der Waals surface area contributed by atoms with E-state index >= 15 is 0 Å². The van der Waals surface area contributed by atoms with Gasteiger partial charge in [-0.2, -0.15) is 0 Å². The van der Waals surface area contributed by atoms with Crippen LogP contribution in [-0.4, -0.2) is 25.2 Å². The van der Waals surface area contributed by atoms with E-state index in [1.54, 1.807) is 7.11 Å². The van der Waals surface area contributed by atoms with Crippen LogP contribution >= 0.6 is 15.9 Å². The summed E-state index contributed by atoms with van der Waals surface area (Å²) in [6, 6.07) is 1.96. The molecule has 1 aromatic rings. The van der Waals surface area contributed by atoms with Crippen LogP contribution in [0.4, 0.5) is 5.82 Å². The molecule has 4 heteroatoms. The van der Waals surface area contributed by atoms with Crippen LogP contribution in [0.5, 0.6) is 5.75 Å². The van der Waals surface area contributed by atoms with Crippen molar-refractivity contribution in [2.24, 2.45) is 5.92 Å². The van der Waals surface area contributed by atoms with Gasteiger partial charge in [0.1, 0.15) is 0 Å². The lowest BCUT2D eigenvalue weighted by Crippen LogP contribution is -2.46. The smallest absolute Gasteiger partial charge is 0.171 e. The van der Waals surface area contributed by atoms with Crippen LogP contribution in [0.15, 0.2) is 16.7 Å². The largest absolute Gasteiger partial charge is 0.493 e. The van der Waals surface area contributed by atoms with Crippen molar-refractivity contribution in [3.8, 4) is 5.75 Å². The first-order valence-corrected chi connectivity index (χ1v) is 5.98. The van der Waals surface area contributed by atoms with Crippen molar-refractivity contribution in [1.29, 1.82) is 0 Å². The molecule has 2 rings (SSSR count). The third-order valence-electron chi connectivity index (χ3n) is 2.85. The van der Waals surface area contributed by atoms with Gasteiger partial charge in [-0.05, 0) is 34.3 Å². The van der Waals surface area contributed by atoms with Gasteiger partial charge in [-0.3, -0.25) is 0 Å². The van der Waals surface area contributed by atoms with E-state index in [1.807, 2.05) is 12.3 Å². The Labute approximate surface area is 98.6 Å². The summed E-state index contributed by atoms with van der Waals surface area (Å²) in [5.41, 5.74) is 0. The van der Waals surface area contributed by atoms with E-state index in [0.717, 1.165) is 35.0 Å². The molecule has 82 valence electrons. The van der Waals surface area contributed by atoms with Gasteiger partial charge in [0.25, 0.3) is 0 Å². The fourth-order valence-electron chi connectivity index (χ4n) is 1.80. The molecule has 0 radical (unpaired) electrons. The first kappa shape index (κ1) is 10.7. The number of pyridine rings is 1. The van der Waals surface area contributed by atoms with Crippen molar-refractivity contribution >= 4 is 21.7 Å². The normalized spacial score (nSPS) is 16.3. The number of hydrogen-bond acceptors (Lipinski definition) is 3. The van der Waals surface area contributed by atoms with Gasteiger partial charge < -0.3 is 9.64 Å². The zero-order valence-electron chi connectivity index (χ0n) is 9.03. The molecule has 0 aromatic carbocycles. The summed E-state index contributed by atoms with van der Waals surface area (Å²) < 4.78 is 6.27. The minimum absolute atomic E-state index is 0.820. The van der Waals surface area contributed by atoms with Crippen molar-refractivity contribution in [2.45, 2.75) is 13.3 Å². The van der Waals surface area contributed by atoms with E-state index in [9.17, 15) is 0 Å². The molecule has 1 aliphatic heterocycles. The summed E-state index contributed by atoms with van der Waals surface area (Å²) in [7, 11) is 1.68. The number of ether oxygens (including phenoxy) is 1. The highest BCUT2D eigenvalue weighted by Crippen LogP contribution is 2.33. The van der Waals surface area contributed by atoms with Crippen LogP contribution in [0.1, 0.15) is 13.3 Å². The van der Waals surface area contributed by atoms with Gasteiger partial charge in [0.2, 0.25) is 0 Å². The number of nitrogens with zero attached hydrogens (tertiary/aromatic N) is 2. The maximum atomic E-state index is 5.32. The first-order chi connectivity index (χ1) is 7.24.